The molecule has 0 fully saturated rings. The smallest absolute Gasteiger partial charge is 0.326 e. The van der Waals surface area contributed by atoms with Crippen molar-refractivity contribution >= 4 is 28.0 Å². The fourth-order valence-corrected chi connectivity index (χ4v) is 3.20. The maximum Gasteiger partial charge on any atom is 0.326 e. The monoisotopic (exact) mass is 372 g/mol. The van der Waals surface area contributed by atoms with Gasteiger partial charge in [0.2, 0.25) is 5.89 Å². The highest BCUT2D eigenvalue weighted by Crippen LogP contribution is 2.27. The third-order valence-corrected chi connectivity index (χ3v) is 4.62. The van der Waals surface area contributed by atoms with Crippen LogP contribution in [0.3, 0.4) is 0 Å². The molecule has 0 unspecified atom stereocenters. The number of aryl methyl sites for hydroxylation is 1. The molecule has 4 heterocycles. The number of aromatic nitrogens is 5. The van der Waals surface area contributed by atoms with Gasteiger partial charge in [0, 0.05) is 11.9 Å². The molecule has 0 saturated carbocycles. The second-order valence-corrected chi connectivity index (χ2v) is 6.60. The number of benzene rings is 1. The number of fused-ring (bicyclic) bond motifs is 2. The van der Waals surface area contributed by atoms with Gasteiger partial charge in [-0.15, -0.1) is 0 Å². The molecule has 0 saturated heterocycles. The maximum atomic E-state index is 12.5. The van der Waals surface area contributed by atoms with Crippen LogP contribution >= 0.6 is 0 Å². The van der Waals surface area contributed by atoms with Crippen molar-refractivity contribution in [3.05, 3.63) is 70.4 Å². The van der Waals surface area contributed by atoms with Gasteiger partial charge in [-0.25, -0.2) is 14.8 Å². The number of pyridine rings is 2. The third kappa shape index (κ3) is 2.62. The van der Waals surface area contributed by atoms with Gasteiger partial charge in [-0.3, -0.25) is 9.55 Å². The van der Waals surface area contributed by atoms with Crippen molar-refractivity contribution in [2.24, 2.45) is 0 Å². The normalized spacial score (nSPS) is 11.5. The number of nitrogen functional groups attached to an aromatic ring is 1. The van der Waals surface area contributed by atoms with Crippen molar-refractivity contribution in [2.75, 3.05) is 5.73 Å². The summed E-state index contributed by atoms with van der Waals surface area (Å²) in [5.41, 5.74) is 10.7. The number of para-hydroxylation sites is 2. The van der Waals surface area contributed by atoms with Crippen LogP contribution in [0.2, 0.25) is 0 Å². The number of hydrogen-bond acceptors (Lipinski definition) is 6. The van der Waals surface area contributed by atoms with E-state index in [4.69, 9.17) is 10.2 Å². The topological polar surface area (TPSA) is 116 Å². The highest BCUT2D eigenvalue weighted by molar-refractivity contribution is 5.88. The molecule has 0 spiro atoms. The molecule has 0 radical (unpaired) electrons. The minimum atomic E-state index is -0.265. The molecule has 28 heavy (non-hydrogen) atoms. The largest absolute Gasteiger partial charge is 0.435 e. The number of nitrogens with two attached hydrogens (primary N) is 1. The molecule has 0 aliphatic rings. The van der Waals surface area contributed by atoms with Crippen LogP contribution in [0.4, 0.5) is 5.82 Å². The van der Waals surface area contributed by atoms with Gasteiger partial charge in [0.1, 0.15) is 22.5 Å². The van der Waals surface area contributed by atoms with Gasteiger partial charge < -0.3 is 15.1 Å². The standard InChI is InChI=1S/C20H16N6O2/c1-11-6-7-12(9-22-11)10-26-15-8-14(23-18(21)17(15)25-20(26)27)19-24-13-4-2-3-5-16(13)28-19/h2-9H,10H2,1H3,(H2,21,23)(H,25,27). The summed E-state index contributed by atoms with van der Waals surface area (Å²) in [5.74, 6) is 0.569. The van der Waals surface area contributed by atoms with E-state index in [-0.39, 0.29) is 11.5 Å². The molecule has 8 nitrogen and oxygen atoms in total. The molecule has 0 amide bonds. The van der Waals surface area contributed by atoms with Crippen molar-refractivity contribution in [3.8, 4) is 11.6 Å². The molecule has 8 heteroatoms. The lowest BCUT2D eigenvalue weighted by Gasteiger charge is -2.05. The molecular weight excluding hydrogens is 356 g/mol. The van der Waals surface area contributed by atoms with Crippen molar-refractivity contribution < 1.29 is 4.42 Å². The molecular formula is C20H16N6O2. The first-order valence-corrected chi connectivity index (χ1v) is 8.75. The highest BCUT2D eigenvalue weighted by atomic mass is 16.3. The first-order valence-electron chi connectivity index (χ1n) is 8.75. The van der Waals surface area contributed by atoms with Gasteiger partial charge in [-0.2, -0.15) is 0 Å². The van der Waals surface area contributed by atoms with Crippen LogP contribution in [0.1, 0.15) is 11.3 Å². The number of oxazole rings is 1. The van der Waals surface area contributed by atoms with E-state index in [1.54, 1.807) is 16.8 Å². The van der Waals surface area contributed by atoms with Crippen molar-refractivity contribution in [1.29, 1.82) is 0 Å². The quantitative estimate of drug-likeness (QED) is 0.503. The van der Waals surface area contributed by atoms with E-state index in [2.05, 4.69) is 19.9 Å². The Morgan fingerprint density at radius 2 is 2.04 bits per heavy atom. The summed E-state index contributed by atoms with van der Waals surface area (Å²) >= 11 is 0. The number of nitrogens with one attached hydrogen (secondary N) is 1. The average Bonchev–Trinajstić information content (AvgIpc) is 3.26. The summed E-state index contributed by atoms with van der Waals surface area (Å²) in [6.07, 6.45) is 1.76. The summed E-state index contributed by atoms with van der Waals surface area (Å²) in [6, 6.07) is 13.1. The van der Waals surface area contributed by atoms with E-state index in [1.807, 2.05) is 43.3 Å². The number of imidazole rings is 1. The molecule has 1 aromatic carbocycles. The summed E-state index contributed by atoms with van der Waals surface area (Å²) in [4.78, 5) is 28.4. The van der Waals surface area contributed by atoms with E-state index in [9.17, 15) is 4.79 Å². The lowest BCUT2D eigenvalue weighted by Crippen LogP contribution is -2.17. The minimum Gasteiger partial charge on any atom is -0.435 e. The van der Waals surface area contributed by atoms with Gasteiger partial charge in [-0.05, 0) is 36.8 Å². The maximum absolute atomic E-state index is 12.5. The van der Waals surface area contributed by atoms with Crippen LogP contribution in [0.15, 0.2) is 57.9 Å². The molecule has 138 valence electrons. The molecule has 4 aromatic heterocycles. The Kier molecular flexibility index (Phi) is 3.51. The molecule has 5 rings (SSSR count). The zero-order valence-electron chi connectivity index (χ0n) is 15.0. The second kappa shape index (κ2) is 6.05. The number of nitrogens with zero attached hydrogens (tertiary/aromatic N) is 4. The summed E-state index contributed by atoms with van der Waals surface area (Å²) in [7, 11) is 0. The van der Waals surface area contributed by atoms with Gasteiger partial charge in [0.25, 0.3) is 0 Å². The minimum absolute atomic E-state index is 0.215. The van der Waals surface area contributed by atoms with Gasteiger partial charge in [-0.1, -0.05) is 18.2 Å². The molecule has 3 N–H and O–H groups in total. The summed E-state index contributed by atoms with van der Waals surface area (Å²) in [5, 5.41) is 0. The van der Waals surface area contributed by atoms with Gasteiger partial charge in [0.05, 0.1) is 12.1 Å². The lowest BCUT2D eigenvalue weighted by atomic mass is 10.2. The van der Waals surface area contributed by atoms with Gasteiger partial charge >= 0.3 is 5.69 Å². The fraction of sp³-hybridized carbons (Fsp3) is 0.100. The van der Waals surface area contributed by atoms with E-state index >= 15 is 0 Å². The van der Waals surface area contributed by atoms with E-state index in [0.29, 0.717) is 34.7 Å². The molecule has 5 aromatic rings. The summed E-state index contributed by atoms with van der Waals surface area (Å²) in [6.45, 7) is 2.28. The molecule has 0 bridgehead atoms. The van der Waals surface area contributed by atoms with Crippen LogP contribution in [-0.2, 0) is 6.54 Å². The first kappa shape index (κ1) is 16.2. The zero-order chi connectivity index (χ0) is 19.3. The van der Waals surface area contributed by atoms with Crippen LogP contribution in [0.25, 0.3) is 33.7 Å². The number of H-pyrrole nitrogens is 1. The average molecular weight is 372 g/mol. The van der Waals surface area contributed by atoms with Crippen molar-refractivity contribution in [1.82, 2.24) is 24.5 Å². The van der Waals surface area contributed by atoms with Crippen LogP contribution in [-0.4, -0.2) is 24.5 Å². The Labute approximate surface area is 158 Å². The lowest BCUT2D eigenvalue weighted by molar-refractivity contribution is 0.617. The number of aromatic amines is 1. The Balaban J connectivity index is 1.66. The number of hydrogen-bond donors (Lipinski definition) is 2. The van der Waals surface area contributed by atoms with E-state index < -0.39 is 0 Å². The van der Waals surface area contributed by atoms with Gasteiger partial charge in [0.15, 0.2) is 5.58 Å². The Morgan fingerprint density at radius 3 is 2.82 bits per heavy atom. The third-order valence-electron chi connectivity index (χ3n) is 4.62. The van der Waals surface area contributed by atoms with Crippen molar-refractivity contribution in [3.63, 3.8) is 0 Å². The molecule has 0 atom stereocenters. The SMILES string of the molecule is Cc1ccc(Cn2c(=O)[nH]c3c(N)nc(-c4nc5ccccc5o4)cc32)cn1. The highest BCUT2D eigenvalue weighted by Gasteiger charge is 2.16. The zero-order valence-corrected chi connectivity index (χ0v) is 15.0. The Bertz CT molecular complexity index is 1340. The van der Waals surface area contributed by atoms with Crippen LogP contribution in [0, 0.1) is 6.92 Å². The Hall–Kier alpha value is -3.94. The molecule has 0 aliphatic heterocycles. The molecule has 0 aliphatic carbocycles. The predicted molar refractivity (Wildman–Crippen MR) is 106 cm³/mol. The Morgan fingerprint density at radius 1 is 1.18 bits per heavy atom. The van der Waals surface area contributed by atoms with E-state index in [0.717, 1.165) is 16.8 Å². The fourth-order valence-electron chi connectivity index (χ4n) is 3.20. The van der Waals surface area contributed by atoms with Crippen LogP contribution < -0.4 is 11.4 Å². The predicted octanol–water partition coefficient (Wildman–Crippen LogP) is 2.87. The number of anilines is 1. The van der Waals surface area contributed by atoms with E-state index in [1.165, 1.54) is 0 Å². The second-order valence-electron chi connectivity index (χ2n) is 6.60. The number of rotatable bonds is 3. The first-order chi connectivity index (χ1) is 13.6. The summed E-state index contributed by atoms with van der Waals surface area (Å²) < 4.78 is 7.40. The van der Waals surface area contributed by atoms with Crippen molar-refractivity contribution in [2.45, 2.75) is 13.5 Å². The van der Waals surface area contributed by atoms with Crippen LogP contribution in [0.5, 0.6) is 0 Å².